The Hall–Kier alpha value is -0.350. The Labute approximate surface area is 160 Å². The van der Waals surface area contributed by atoms with E-state index in [1.54, 1.807) is 18.4 Å². The third kappa shape index (κ3) is 6.96. The highest BCUT2D eigenvalue weighted by molar-refractivity contribution is 14.0. The summed E-state index contributed by atoms with van der Waals surface area (Å²) < 4.78 is 23.0. The van der Waals surface area contributed by atoms with E-state index in [2.05, 4.69) is 40.1 Å². The van der Waals surface area contributed by atoms with Crippen LogP contribution in [0.3, 0.4) is 0 Å². The van der Waals surface area contributed by atoms with Crippen LogP contribution in [-0.2, 0) is 9.84 Å². The van der Waals surface area contributed by atoms with Gasteiger partial charge in [-0.1, -0.05) is 13.0 Å². The van der Waals surface area contributed by atoms with Crippen LogP contribution < -0.4 is 10.6 Å². The molecule has 132 valence electrons. The van der Waals surface area contributed by atoms with Crippen LogP contribution in [0, 0.1) is 5.41 Å². The van der Waals surface area contributed by atoms with E-state index in [0.717, 1.165) is 25.3 Å². The van der Waals surface area contributed by atoms with Crippen molar-refractivity contribution in [1.82, 2.24) is 10.6 Å². The lowest BCUT2D eigenvalue weighted by Gasteiger charge is -2.19. The fourth-order valence-corrected chi connectivity index (χ4v) is 4.81. The quantitative estimate of drug-likeness (QED) is 0.364. The van der Waals surface area contributed by atoms with Crippen molar-refractivity contribution in [2.45, 2.75) is 25.7 Å². The number of nitrogens with one attached hydrogen (secondary N) is 2. The molecule has 0 aliphatic heterocycles. The summed E-state index contributed by atoms with van der Waals surface area (Å²) in [5.41, 5.74) is -0.0927. The molecule has 1 fully saturated rings. The van der Waals surface area contributed by atoms with Gasteiger partial charge in [-0.15, -0.1) is 35.3 Å². The molecular weight excluding hydrogens is 445 g/mol. The molecule has 1 aromatic heterocycles. The fourth-order valence-electron chi connectivity index (χ4n) is 2.52. The van der Waals surface area contributed by atoms with E-state index in [4.69, 9.17) is 0 Å². The third-order valence-corrected chi connectivity index (χ3v) is 6.23. The van der Waals surface area contributed by atoms with Gasteiger partial charge in [-0.3, -0.25) is 4.99 Å². The topological polar surface area (TPSA) is 70.6 Å². The van der Waals surface area contributed by atoms with E-state index in [1.807, 2.05) is 0 Å². The number of hydrogen-bond acceptors (Lipinski definition) is 4. The number of aliphatic imine (C=N–C) groups is 1. The van der Waals surface area contributed by atoms with Gasteiger partial charge in [0.15, 0.2) is 5.96 Å². The molecule has 1 aliphatic carbocycles. The summed E-state index contributed by atoms with van der Waals surface area (Å²) in [7, 11) is -1.19. The molecule has 1 heterocycles. The van der Waals surface area contributed by atoms with Crippen molar-refractivity contribution >= 4 is 51.1 Å². The molecule has 23 heavy (non-hydrogen) atoms. The zero-order valence-corrected chi connectivity index (χ0v) is 17.8. The average molecular weight is 471 g/mol. The molecule has 2 rings (SSSR count). The summed E-state index contributed by atoms with van der Waals surface area (Å²) in [6, 6.07) is 4.20. The number of sulfone groups is 1. The molecule has 1 atom stereocenters. The number of hydrogen-bond donors (Lipinski definition) is 2. The Balaban J connectivity index is 0.00000264. The van der Waals surface area contributed by atoms with Crippen LogP contribution in [0.5, 0.6) is 0 Å². The third-order valence-electron chi connectivity index (χ3n) is 3.98. The molecule has 0 bridgehead atoms. The maximum atomic E-state index is 11.5. The van der Waals surface area contributed by atoms with Crippen LogP contribution in [0.4, 0.5) is 0 Å². The minimum absolute atomic E-state index is 0. The monoisotopic (exact) mass is 471 g/mol. The molecular formula is C15H26IN3O2S2. The molecule has 0 spiro atoms. The van der Waals surface area contributed by atoms with E-state index in [-0.39, 0.29) is 35.1 Å². The van der Waals surface area contributed by atoms with E-state index in [0.29, 0.717) is 12.5 Å². The largest absolute Gasteiger partial charge is 0.356 e. The highest BCUT2D eigenvalue weighted by atomic mass is 127. The van der Waals surface area contributed by atoms with Crippen molar-refractivity contribution in [3.8, 4) is 0 Å². The first-order chi connectivity index (χ1) is 10.3. The second-order valence-electron chi connectivity index (χ2n) is 6.29. The minimum atomic E-state index is -2.93. The van der Waals surface area contributed by atoms with Crippen LogP contribution >= 0.6 is 35.3 Å². The van der Waals surface area contributed by atoms with E-state index in [1.165, 1.54) is 11.1 Å². The summed E-state index contributed by atoms with van der Waals surface area (Å²) in [5, 5.41) is 8.67. The highest BCUT2D eigenvalue weighted by Gasteiger charge is 2.45. The van der Waals surface area contributed by atoms with Crippen molar-refractivity contribution in [1.29, 1.82) is 0 Å². The van der Waals surface area contributed by atoms with Crippen LogP contribution in [-0.4, -0.2) is 46.5 Å². The predicted molar refractivity (Wildman–Crippen MR) is 109 cm³/mol. The number of nitrogens with zero attached hydrogens (tertiary/aromatic N) is 1. The van der Waals surface area contributed by atoms with Crippen molar-refractivity contribution in [2.75, 3.05) is 32.1 Å². The molecule has 1 aliphatic rings. The Bertz CT molecular complexity index is 611. The second kappa shape index (κ2) is 8.66. The smallest absolute Gasteiger partial charge is 0.191 e. The first kappa shape index (κ1) is 20.7. The molecule has 1 saturated carbocycles. The van der Waals surface area contributed by atoms with E-state index >= 15 is 0 Å². The fraction of sp³-hybridized carbons (Fsp3) is 0.667. The highest BCUT2D eigenvalue weighted by Crippen LogP contribution is 2.45. The van der Waals surface area contributed by atoms with Crippen LogP contribution in [0.1, 0.15) is 30.6 Å². The van der Waals surface area contributed by atoms with E-state index in [9.17, 15) is 8.42 Å². The second-order valence-corrected chi connectivity index (χ2v) is 9.41. The summed E-state index contributed by atoms with van der Waals surface area (Å²) >= 11 is 1.76. The molecule has 8 heteroatoms. The minimum Gasteiger partial charge on any atom is -0.356 e. The van der Waals surface area contributed by atoms with Gasteiger partial charge in [0.2, 0.25) is 0 Å². The van der Waals surface area contributed by atoms with Gasteiger partial charge in [0, 0.05) is 42.6 Å². The van der Waals surface area contributed by atoms with Gasteiger partial charge in [0.1, 0.15) is 9.84 Å². The Morgan fingerprint density at radius 2 is 2.13 bits per heavy atom. The van der Waals surface area contributed by atoms with Gasteiger partial charge < -0.3 is 10.6 Å². The SMILES string of the molecule is CN=C(NCC(C)c1cccs1)NCC1(CS(C)(=O)=O)CC1.I. The van der Waals surface area contributed by atoms with Crippen molar-refractivity contribution < 1.29 is 8.42 Å². The van der Waals surface area contributed by atoms with Gasteiger partial charge >= 0.3 is 0 Å². The van der Waals surface area contributed by atoms with Gasteiger partial charge in [0.05, 0.1) is 5.75 Å². The standard InChI is InChI=1S/C15H25N3O2S2.HI/c1-12(13-5-4-8-21-13)9-17-14(16-2)18-10-15(6-7-15)11-22(3,19)20;/h4-5,8,12H,6-7,9-11H2,1-3H3,(H2,16,17,18);1H. The van der Waals surface area contributed by atoms with Crippen molar-refractivity contribution in [3.63, 3.8) is 0 Å². The van der Waals surface area contributed by atoms with Gasteiger partial charge in [-0.2, -0.15) is 0 Å². The molecule has 0 saturated heterocycles. The summed E-state index contributed by atoms with van der Waals surface area (Å²) in [5.74, 6) is 1.42. The van der Waals surface area contributed by atoms with Crippen molar-refractivity contribution in [3.05, 3.63) is 22.4 Å². The van der Waals surface area contributed by atoms with Gasteiger partial charge in [-0.05, 0) is 24.3 Å². The maximum absolute atomic E-state index is 11.5. The van der Waals surface area contributed by atoms with Gasteiger partial charge in [0.25, 0.3) is 0 Å². The Morgan fingerprint density at radius 1 is 1.43 bits per heavy atom. The molecule has 0 amide bonds. The van der Waals surface area contributed by atoms with Crippen molar-refractivity contribution in [2.24, 2.45) is 10.4 Å². The zero-order chi connectivity index (χ0) is 16.2. The number of guanidine groups is 1. The molecule has 1 unspecified atom stereocenters. The first-order valence-corrected chi connectivity index (χ1v) is 10.4. The number of rotatable bonds is 7. The number of halogens is 1. The first-order valence-electron chi connectivity index (χ1n) is 7.49. The Morgan fingerprint density at radius 3 is 2.61 bits per heavy atom. The maximum Gasteiger partial charge on any atom is 0.191 e. The van der Waals surface area contributed by atoms with Crippen LogP contribution in [0.15, 0.2) is 22.5 Å². The lowest BCUT2D eigenvalue weighted by atomic mass is 10.1. The lowest BCUT2D eigenvalue weighted by molar-refractivity contribution is 0.528. The molecule has 1 aromatic rings. The van der Waals surface area contributed by atoms with Crippen LogP contribution in [0.2, 0.25) is 0 Å². The van der Waals surface area contributed by atoms with E-state index < -0.39 is 9.84 Å². The summed E-state index contributed by atoms with van der Waals surface area (Å²) in [6.07, 6.45) is 3.24. The summed E-state index contributed by atoms with van der Waals surface area (Å²) in [4.78, 5) is 5.56. The predicted octanol–water partition coefficient (Wildman–Crippen LogP) is 2.46. The van der Waals surface area contributed by atoms with Crippen LogP contribution in [0.25, 0.3) is 0 Å². The average Bonchev–Trinajstić information content (AvgIpc) is 2.98. The molecule has 0 aromatic carbocycles. The number of thiophene rings is 1. The lowest BCUT2D eigenvalue weighted by Crippen LogP contribution is -2.42. The molecule has 5 nitrogen and oxygen atoms in total. The normalized spacial score (nSPS) is 18.0. The Kier molecular flexibility index (Phi) is 7.79. The summed E-state index contributed by atoms with van der Waals surface area (Å²) in [6.45, 7) is 3.64. The molecule has 0 radical (unpaired) electrons. The molecule has 2 N–H and O–H groups in total. The van der Waals surface area contributed by atoms with Gasteiger partial charge in [-0.25, -0.2) is 8.42 Å². The zero-order valence-electron chi connectivity index (χ0n) is 13.8.